The maximum absolute atomic E-state index is 11.4. The minimum absolute atomic E-state index is 0.287. The molecule has 0 aliphatic rings. The first-order valence-electron chi connectivity index (χ1n) is 5.09. The van der Waals surface area contributed by atoms with Crippen LogP contribution in [0, 0.1) is 0 Å². The molecule has 0 aromatic heterocycles. The van der Waals surface area contributed by atoms with Crippen molar-refractivity contribution in [3.8, 4) is 0 Å². The van der Waals surface area contributed by atoms with Crippen LogP contribution in [0.15, 0.2) is 23.3 Å². The van der Waals surface area contributed by atoms with Crippen LogP contribution in [0.25, 0.3) is 0 Å². The van der Waals surface area contributed by atoms with Crippen LogP contribution in [0.1, 0.15) is 26.7 Å². The number of hydrogen-bond acceptors (Lipinski definition) is 4. The molecule has 0 unspecified atom stereocenters. The second-order valence-electron chi connectivity index (χ2n) is 3.17. The molecule has 16 heavy (non-hydrogen) atoms. The van der Waals surface area contributed by atoms with Gasteiger partial charge in [-0.25, -0.2) is 9.59 Å². The van der Waals surface area contributed by atoms with Crippen LogP contribution in [0.2, 0.25) is 0 Å². The molecule has 0 N–H and O–H groups in total. The third-order valence-corrected chi connectivity index (χ3v) is 2.10. The number of allylic oxidation sites excluding steroid dienone is 2. The number of rotatable bonds is 5. The van der Waals surface area contributed by atoms with Crippen LogP contribution in [0.4, 0.5) is 0 Å². The molecule has 0 rings (SSSR count). The first-order valence-corrected chi connectivity index (χ1v) is 5.09. The van der Waals surface area contributed by atoms with E-state index in [1.165, 1.54) is 14.2 Å². The second-order valence-corrected chi connectivity index (χ2v) is 3.17. The van der Waals surface area contributed by atoms with E-state index in [0.29, 0.717) is 12.0 Å². The van der Waals surface area contributed by atoms with Crippen LogP contribution in [-0.2, 0) is 19.1 Å². The van der Waals surface area contributed by atoms with Gasteiger partial charge in [-0.3, -0.25) is 0 Å². The van der Waals surface area contributed by atoms with Crippen LogP contribution >= 0.6 is 0 Å². The average molecular weight is 226 g/mol. The highest BCUT2D eigenvalue weighted by molar-refractivity contribution is 6.00. The zero-order valence-electron chi connectivity index (χ0n) is 10.2. The third-order valence-electron chi connectivity index (χ3n) is 2.10. The van der Waals surface area contributed by atoms with Crippen LogP contribution in [0.3, 0.4) is 0 Å². The SMILES string of the molecule is CCC=CCC(C(=O)OC)=C(C)C(=O)OC. The average Bonchev–Trinajstić information content (AvgIpc) is 2.32. The fourth-order valence-corrected chi connectivity index (χ4v) is 1.16. The predicted molar refractivity (Wildman–Crippen MR) is 60.8 cm³/mol. The van der Waals surface area contributed by atoms with E-state index in [-0.39, 0.29) is 5.57 Å². The number of hydrogen-bond donors (Lipinski definition) is 0. The van der Waals surface area contributed by atoms with Gasteiger partial charge in [0, 0.05) is 5.57 Å². The number of carbonyl (C=O) groups excluding carboxylic acids is 2. The molecule has 4 heteroatoms. The Morgan fingerprint density at radius 3 is 2.06 bits per heavy atom. The van der Waals surface area contributed by atoms with Gasteiger partial charge >= 0.3 is 11.9 Å². The summed E-state index contributed by atoms with van der Waals surface area (Å²) in [5, 5.41) is 0. The van der Waals surface area contributed by atoms with Crippen molar-refractivity contribution in [1.82, 2.24) is 0 Å². The lowest BCUT2D eigenvalue weighted by molar-refractivity contribution is -0.139. The van der Waals surface area contributed by atoms with Crippen molar-refractivity contribution in [2.45, 2.75) is 26.7 Å². The molecular formula is C12H18O4. The lowest BCUT2D eigenvalue weighted by Gasteiger charge is -2.06. The summed E-state index contributed by atoms with van der Waals surface area (Å²) in [5.41, 5.74) is 0.620. The minimum Gasteiger partial charge on any atom is -0.466 e. The topological polar surface area (TPSA) is 52.6 Å². The molecule has 0 amide bonds. The third kappa shape index (κ3) is 4.29. The molecule has 0 aliphatic heterocycles. The highest BCUT2D eigenvalue weighted by Crippen LogP contribution is 2.13. The minimum atomic E-state index is -0.509. The Hall–Kier alpha value is -1.58. The maximum Gasteiger partial charge on any atom is 0.334 e. The molecule has 0 aromatic rings. The molecular weight excluding hydrogens is 208 g/mol. The van der Waals surface area contributed by atoms with Gasteiger partial charge in [0.05, 0.1) is 19.8 Å². The standard InChI is InChI=1S/C12H18O4/c1-5-6-7-8-10(12(14)16-4)9(2)11(13)15-3/h6-7H,5,8H2,1-4H3. The van der Waals surface area contributed by atoms with Crippen molar-refractivity contribution in [2.75, 3.05) is 14.2 Å². The van der Waals surface area contributed by atoms with Gasteiger partial charge in [-0.2, -0.15) is 0 Å². The Morgan fingerprint density at radius 2 is 1.62 bits per heavy atom. The summed E-state index contributed by atoms with van der Waals surface area (Å²) >= 11 is 0. The van der Waals surface area contributed by atoms with E-state index in [9.17, 15) is 9.59 Å². The van der Waals surface area contributed by atoms with E-state index in [0.717, 1.165) is 6.42 Å². The fourth-order valence-electron chi connectivity index (χ4n) is 1.16. The quantitative estimate of drug-likeness (QED) is 0.409. The van der Waals surface area contributed by atoms with Gasteiger partial charge in [0.25, 0.3) is 0 Å². The van der Waals surface area contributed by atoms with Crippen molar-refractivity contribution in [1.29, 1.82) is 0 Å². The Morgan fingerprint density at radius 1 is 1.06 bits per heavy atom. The molecule has 0 atom stereocenters. The molecule has 0 aliphatic carbocycles. The first-order chi connectivity index (χ1) is 7.58. The smallest absolute Gasteiger partial charge is 0.334 e. The summed E-state index contributed by atoms with van der Waals surface area (Å²) in [6, 6.07) is 0. The zero-order chi connectivity index (χ0) is 12.6. The van der Waals surface area contributed by atoms with Crippen molar-refractivity contribution < 1.29 is 19.1 Å². The monoisotopic (exact) mass is 226 g/mol. The van der Waals surface area contributed by atoms with E-state index in [1.807, 2.05) is 19.1 Å². The maximum atomic E-state index is 11.4. The van der Waals surface area contributed by atoms with E-state index >= 15 is 0 Å². The number of methoxy groups -OCH3 is 2. The van der Waals surface area contributed by atoms with Gasteiger partial charge in [0.2, 0.25) is 0 Å². The molecule has 0 saturated carbocycles. The number of carbonyl (C=O) groups is 2. The summed E-state index contributed by atoms with van der Waals surface area (Å²) in [7, 11) is 2.57. The van der Waals surface area contributed by atoms with Crippen molar-refractivity contribution in [2.24, 2.45) is 0 Å². The van der Waals surface area contributed by atoms with E-state index in [2.05, 4.69) is 9.47 Å². The number of esters is 2. The predicted octanol–water partition coefficient (Wildman–Crippen LogP) is 2.01. The molecule has 0 fully saturated rings. The van der Waals surface area contributed by atoms with Gasteiger partial charge in [0.15, 0.2) is 0 Å². The van der Waals surface area contributed by atoms with E-state index in [1.54, 1.807) is 6.92 Å². The van der Waals surface area contributed by atoms with Crippen LogP contribution < -0.4 is 0 Å². The zero-order valence-corrected chi connectivity index (χ0v) is 10.2. The Bertz CT molecular complexity index is 313. The molecule has 90 valence electrons. The van der Waals surface area contributed by atoms with Crippen LogP contribution in [-0.4, -0.2) is 26.2 Å². The van der Waals surface area contributed by atoms with E-state index < -0.39 is 11.9 Å². The lowest BCUT2D eigenvalue weighted by atomic mass is 10.1. The summed E-state index contributed by atoms with van der Waals surface area (Å²) < 4.78 is 9.19. The molecule has 0 bridgehead atoms. The van der Waals surface area contributed by atoms with Crippen molar-refractivity contribution in [3.63, 3.8) is 0 Å². The molecule has 0 radical (unpaired) electrons. The Labute approximate surface area is 95.9 Å². The number of ether oxygens (including phenoxy) is 2. The molecule has 4 nitrogen and oxygen atoms in total. The first kappa shape index (κ1) is 14.4. The van der Waals surface area contributed by atoms with Gasteiger partial charge in [-0.1, -0.05) is 19.1 Å². The highest BCUT2D eigenvalue weighted by atomic mass is 16.5. The van der Waals surface area contributed by atoms with Crippen molar-refractivity contribution in [3.05, 3.63) is 23.3 Å². The Kier molecular flexibility index (Phi) is 6.92. The largest absolute Gasteiger partial charge is 0.466 e. The van der Waals surface area contributed by atoms with Gasteiger partial charge in [-0.15, -0.1) is 0 Å². The fraction of sp³-hybridized carbons (Fsp3) is 0.500. The summed E-state index contributed by atoms with van der Waals surface area (Å²) in [6.07, 6.45) is 5.01. The lowest BCUT2D eigenvalue weighted by Crippen LogP contribution is -2.12. The van der Waals surface area contributed by atoms with Crippen molar-refractivity contribution >= 4 is 11.9 Å². The van der Waals surface area contributed by atoms with Gasteiger partial charge in [-0.05, 0) is 19.8 Å². The normalized spacial score (nSPS) is 12.2. The summed E-state index contributed by atoms with van der Waals surface area (Å²) in [5.74, 6) is -1.01. The summed E-state index contributed by atoms with van der Waals surface area (Å²) in [4.78, 5) is 22.7. The second kappa shape index (κ2) is 7.68. The highest BCUT2D eigenvalue weighted by Gasteiger charge is 2.17. The van der Waals surface area contributed by atoms with Gasteiger partial charge < -0.3 is 9.47 Å². The molecule has 0 heterocycles. The molecule has 0 aromatic carbocycles. The molecule has 0 saturated heterocycles. The summed E-state index contributed by atoms with van der Waals surface area (Å²) in [6.45, 7) is 3.54. The van der Waals surface area contributed by atoms with Crippen LogP contribution in [0.5, 0.6) is 0 Å². The Balaban J connectivity index is 4.99. The molecule has 0 spiro atoms. The van der Waals surface area contributed by atoms with Gasteiger partial charge in [0.1, 0.15) is 0 Å². The van der Waals surface area contributed by atoms with E-state index in [4.69, 9.17) is 0 Å².